The molecule has 10 aromatic rings. The maximum atomic E-state index is 12.5. The van der Waals surface area contributed by atoms with Crippen LogP contribution in [0.5, 0.6) is 5.75 Å². The number of aryl methyl sites for hydroxylation is 1. The molecule has 0 aliphatic heterocycles. The fourth-order valence-electron chi connectivity index (χ4n) is 9.26. The molecule has 10 rings (SSSR count). The maximum absolute atomic E-state index is 12.5. The maximum Gasteiger partial charge on any atom is 0.149 e. The molecule has 0 spiro atoms. The number of rotatable bonds is 8. The van der Waals surface area contributed by atoms with Crippen LogP contribution in [-0.4, -0.2) is 19.6 Å². The molecule has 0 saturated heterocycles. The average molecular weight is 870 g/mol. The van der Waals surface area contributed by atoms with Gasteiger partial charge in [0.25, 0.3) is 0 Å². The lowest BCUT2D eigenvalue weighted by Crippen LogP contribution is -2.17. The Morgan fingerprint density at radius 3 is 1.60 bits per heavy atom. The predicted molar refractivity (Wildman–Crippen MR) is 281 cm³/mol. The van der Waals surface area contributed by atoms with Gasteiger partial charge in [0.2, 0.25) is 0 Å². The highest BCUT2D eigenvalue weighted by Crippen LogP contribution is 2.45. The van der Waals surface area contributed by atoms with Crippen LogP contribution in [-0.2, 0) is 10.8 Å². The summed E-state index contributed by atoms with van der Waals surface area (Å²) in [5.74, 6) is 0.941. The first-order valence-electron chi connectivity index (χ1n) is 23.2. The van der Waals surface area contributed by atoms with Gasteiger partial charge in [-0.05, 0) is 134 Å². The van der Waals surface area contributed by atoms with Gasteiger partial charge in [0.05, 0.1) is 22.3 Å². The minimum Gasteiger partial charge on any atom is -0.507 e. The van der Waals surface area contributed by atoms with E-state index in [0.29, 0.717) is 11.4 Å². The van der Waals surface area contributed by atoms with Crippen molar-refractivity contribution in [3.8, 4) is 89.7 Å². The second kappa shape index (κ2) is 17.2. The number of hydrogen-bond acceptors (Lipinski definition) is 3. The molecule has 2 heterocycles. The van der Waals surface area contributed by atoms with Gasteiger partial charge in [-0.3, -0.25) is 9.55 Å². The highest BCUT2D eigenvalue weighted by molar-refractivity contribution is 5.98. The first kappa shape index (κ1) is 43.1. The second-order valence-corrected chi connectivity index (χ2v) is 19.8. The molecule has 1 N–H and O–H groups in total. The summed E-state index contributed by atoms with van der Waals surface area (Å²) in [4.78, 5) is 10.6. The molecular formula is C63H55N3O. The number of benzene rings is 8. The summed E-state index contributed by atoms with van der Waals surface area (Å²) in [6.45, 7) is 15.3. The number of para-hydroxylation sites is 1. The van der Waals surface area contributed by atoms with Gasteiger partial charge in [-0.1, -0.05) is 181 Å². The van der Waals surface area contributed by atoms with Crippen LogP contribution in [0.3, 0.4) is 0 Å². The van der Waals surface area contributed by atoms with E-state index in [-0.39, 0.29) is 16.6 Å². The number of nitrogens with zero attached hydrogens (tertiary/aromatic N) is 3. The van der Waals surface area contributed by atoms with Crippen LogP contribution in [0.15, 0.2) is 200 Å². The van der Waals surface area contributed by atoms with E-state index >= 15 is 0 Å². The standard InChI is InChI=1S/C63H55N3O/c1-41-32-48(43-20-13-9-14-21-43)37-53(33-41)66-58-25-17-24-54(59(58)65-61(66)55-39-52(62(2,3)4)40-56(60(55)67)63(5,6)7)50-34-49(44-22-15-10-16-23-44)35-51(36-50)57-38-47(30-31-64-57)46-28-26-45(27-29-46)42-18-11-8-12-19-42/h8-40,67H,1-7H3. The van der Waals surface area contributed by atoms with E-state index in [4.69, 9.17) is 9.97 Å². The Morgan fingerprint density at radius 1 is 0.433 bits per heavy atom. The highest BCUT2D eigenvalue weighted by Gasteiger charge is 2.29. The zero-order chi connectivity index (χ0) is 46.5. The Balaban J connectivity index is 1.20. The fraction of sp³-hybridized carbons (Fsp3) is 0.143. The van der Waals surface area contributed by atoms with E-state index in [9.17, 15) is 5.11 Å². The van der Waals surface area contributed by atoms with Gasteiger partial charge in [0.1, 0.15) is 11.6 Å². The van der Waals surface area contributed by atoms with Gasteiger partial charge in [0, 0.05) is 28.6 Å². The minimum atomic E-state index is -0.322. The Labute approximate surface area is 395 Å². The number of phenolic OH excluding ortho intramolecular Hbond substituents is 1. The monoisotopic (exact) mass is 869 g/mol. The summed E-state index contributed by atoms with van der Waals surface area (Å²) in [6.07, 6.45) is 1.91. The number of pyridine rings is 1. The van der Waals surface area contributed by atoms with Crippen molar-refractivity contribution in [1.82, 2.24) is 14.5 Å². The third-order valence-electron chi connectivity index (χ3n) is 12.9. The zero-order valence-electron chi connectivity index (χ0n) is 39.3. The van der Waals surface area contributed by atoms with E-state index in [1.54, 1.807) is 0 Å². The Hall–Kier alpha value is -7.82. The van der Waals surface area contributed by atoms with Gasteiger partial charge in [-0.2, -0.15) is 0 Å². The molecule has 0 saturated carbocycles. The van der Waals surface area contributed by atoms with E-state index in [2.05, 4.69) is 241 Å². The molecule has 4 heteroatoms. The number of hydrogen-bond donors (Lipinski definition) is 1. The minimum absolute atomic E-state index is 0.181. The average Bonchev–Trinajstić information content (AvgIpc) is 3.74. The molecule has 0 bridgehead atoms. The van der Waals surface area contributed by atoms with Crippen LogP contribution in [0, 0.1) is 6.92 Å². The SMILES string of the molecule is Cc1cc(-c2ccccc2)cc(-n2c(-c3cc(C(C)(C)C)cc(C(C)(C)C)c3O)nc3c(-c4cc(-c5ccccc5)cc(-c5cc(-c6ccc(-c7ccccc7)cc6)ccn5)c4)cccc32)c1. The van der Waals surface area contributed by atoms with Gasteiger partial charge in [-0.15, -0.1) is 0 Å². The van der Waals surface area contributed by atoms with Crippen LogP contribution in [0.1, 0.15) is 58.2 Å². The lowest BCUT2D eigenvalue weighted by Gasteiger charge is -2.27. The van der Waals surface area contributed by atoms with Gasteiger partial charge < -0.3 is 5.11 Å². The zero-order valence-corrected chi connectivity index (χ0v) is 39.3. The molecule has 67 heavy (non-hydrogen) atoms. The summed E-state index contributed by atoms with van der Waals surface area (Å²) in [6, 6.07) is 68.9. The Kier molecular flexibility index (Phi) is 11.1. The number of phenols is 1. The third-order valence-corrected chi connectivity index (χ3v) is 12.9. The smallest absolute Gasteiger partial charge is 0.149 e. The Bertz CT molecular complexity index is 3410. The fourth-order valence-corrected chi connectivity index (χ4v) is 9.26. The van der Waals surface area contributed by atoms with Crippen LogP contribution in [0.4, 0.5) is 0 Å². The molecule has 2 aromatic heterocycles. The van der Waals surface area contributed by atoms with Crippen molar-refractivity contribution >= 4 is 11.0 Å². The topological polar surface area (TPSA) is 50.9 Å². The molecule has 0 amide bonds. The van der Waals surface area contributed by atoms with Crippen molar-refractivity contribution in [3.05, 3.63) is 217 Å². The van der Waals surface area contributed by atoms with Crippen LogP contribution < -0.4 is 0 Å². The molecular weight excluding hydrogens is 815 g/mol. The van der Waals surface area contributed by atoms with Gasteiger partial charge in [-0.25, -0.2) is 4.98 Å². The lowest BCUT2D eigenvalue weighted by atomic mass is 9.79. The summed E-state index contributed by atoms with van der Waals surface area (Å²) in [5.41, 5.74) is 19.1. The first-order valence-corrected chi connectivity index (χ1v) is 23.2. The quantitative estimate of drug-likeness (QED) is 0.165. The number of imidazole rings is 1. The van der Waals surface area contributed by atoms with Crippen LogP contribution >= 0.6 is 0 Å². The van der Waals surface area contributed by atoms with E-state index in [0.717, 1.165) is 89.2 Å². The van der Waals surface area contributed by atoms with E-state index in [1.807, 2.05) is 12.3 Å². The van der Waals surface area contributed by atoms with Gasteiger partial charge >= 0.3 is 0 Å². The Morgan fingerprint density at radius 2 is 0.985 bits per heavy atom. The predicted octanol–water partition coefficient (Wildman–Crippen LogP) is 16.7. The number of fused-ring (bicyclic) bond motifs is 1. The third kappa shape index (κ3) is 8.59. The highest BCUT2D eigenvalue weighted by atomic mass is 16.3. The molecule has 0 radical (unpaired) electrons. The molecule has 0 unspecified atom stereocenters. The summed E-state index contributed by atoms with van der Waals surface area (Å²) in [7, 11) is 0. The van der Waals surface area contributed by atoms with E-state index in [1.165, 1.54) is 11.1 Å². The summed E-state index contributed by atoms with van der Waals surface area (Å²) < 4.78 is 2.25. The van der Waals surface area contributed by atoms with Crippen molar-refractivity contribution in [1.29, 1.82) is 0 Å². The molecule has 0 atom stereocenters. The first-order chi connectivity index (χ1) is 32.3. The molecule has 4 nitrogen and oxygen atoms in total. The summed E-state index contributed by atoms with van der Waals surface area (Å²) in [5, 5.41) is 12.5. The largest absolute Gasteiger partial charge is 0.507 e. The number of aromatic hydroxyl groups is 1. The van der Waals surface area contributed by atoms with Gasteiger partial charge in [0.15, 0.2) is 0 Å². The molecule has 328 valence electrons. The van der Waals surface area contributed by atoms with Crippen LogP contribution in [0.25, 0.3) is 95.0 Å². The van der Waals surface area contributed by atoms with Crippen LogP contribution in [0.2, 0.25) is 0 Å². The summed E-state index contributed by atoms with van der Waals surface area (Å²) >= 11 is 0. The molecule has 8 aromatic carbocycles. The second-order valence-electron chi connectivity index (χ2n) is 19.8. The van der Waals surface area contributed by atoms with E-state index < -0.39 is 0 Å². The lowest BCUT2D eigenvalue weighted by molar-refractivity contribution is 0.446. The normalized spacial score (nSPS) is 11.9. The molecule has 0 aliphatic carbocycles. The molecule has 0 aliphatic rings. The van der Waals surface area contributed by atoms with Crippen molar-refractivity contribution in [2.24, 2.45) is 0 Å². The van der Waals surface area contributed by atoms with Crippen molar-refractivity contribution < 1.29 is 5.11 Å². The molecule has 0 fully saturated rings. The van der Waals surface area contributed by atoms with Crippen molar-refractivity contribution in [3.63, 3.8) is 0 Å². The van der Waals surface area contributed by atoms with Crippen molar-refractivity contribution in [2.45, 2.75) is 59.3 Å². The number of aromatic nitrogens is 3. The van der Waals surface area contributed by atoms with Crippen molar-refractivity contribution in [2.75, 3.05) is 0 Å².